The summed E-state index contributed by atoms with van der Waals surface area (Å²) in [6, 6.07) is 0. The van der Waals surface area contributed by atoms with Gasteiger partial charge in [0.25, 0.3) is 0 Å². The van der Waals surface area contributed by atoms with Gasteiger partial charge in [-0.15, -0.1) is 0 Å². The zero-order chi connectivity index (χ0) is 11.1. The molecule has 84 valence electrons. The van der Waals surface area contributed by atoms with Crippen LogP contribution in [0.5, 0.6) is 0 Å². The van der Waals surface area contributed by atoms with E-state index in [1.807, 2.05) is 0 Å². The number of hydrogen-bond donors (Lipinski definition) is 0. The van der Waals surface area contributed by atoms with E-state index in [2.05, 4.69) is 48.5 Å². The highest BCUT2D eigenvalue weighted by molar-refractivity contribution is 5.09. The molecule has 0 saturated heterocycles. The first-order valence-electron chi connectivity index (χ1n) is 6.25. The Morgan fingerprint density at radius 1 is 1.21 bits per heavy atom. The van der Waals surface area contributed by atoms with Crippen LogP contribution in [0.15, 0.2) is 0 Å². The second-order valence-corrected chi connectivity index (χ2v) is 6.78. The molecular formula is C14H28. The van der Waals surface area contributed by atoms with E-state index in [4.69, 9.17) is 0 Å². The highest BCUT2D eigenvalue weighted by atomic mass is 14.7. The standard InChI is InChI=1S/C14H28/c1-8-14(10(2)3)11(4)12(14)9-13(5,6)7/h10-12H,8-9H2,1-7H3. The van der Waals surface area contributed by atoms with Crippen molar-refractivity contribution in [1.29, 1.82) is 0 Å². The minimum Gasteiger partial charge on any atom is -0.0648 e. The van der Waals surface area contributed by atoms with E-state index in [0.29, 0.717) is 10.8 Å². The van der Waals surface area contributed by atoms with Gasteiger partial charge in [0, 0.05) is 0 Å². The Kier molecular flexibility index (Phi) is 3.05. The predicted octanol–water partition coefficient (Wildman–Crippen LogP) is 4.74. The average molecular weight is 196 g/mol. The number of hydrogen-bond acceptors (Lipinski definition) is 0. The first kappa shape index (κ1) is 12.1. The predicted molar refractivity (Wildman–Crippen MR) is 64.3 cm³/mol. The largest absolute Gasteiger partial charge is 0.0648 e. The second-order valence-electron chi connectivity index (χ2n) is 6.78. The maximum Gasteiger partial charge on any atom is -0.0217 e. The molecule has 0 heteroatoms. The van der Waals surface area contributed by atoms with Crippen molar-refractivity contribution in [3.63, 3.8) is 0 Å². The zero-order valence-corrected chi connectivity index (χ0v) is 11.1. The molecule has 3 atom stereocenters. The Balaban J connectivity index is 2.68. The highest BCUT2D eigenvalue weighted by Crippen LogP contribution is 2.68. The molecule has 3 unspecified atom stereocenters. The van der Waals surface area contributed by atoms with Gasteiger partial charge in [-0.05, 0) is 41.4 Å². The molecule has 1 fully saturated rings. The lowest BCUT2D eigenvalue weighted by atomic mass is 9.81. The van der Waals surface area contributed by atoms with E-state index >= 15 is 0 Å². The van der Waals surface area contributed by atoms with Crippen molar-refractivity contribution in [2.75, 3.05) is 0 Å². The van der Waals surface area contributed by atoms with E-state index in [-0.39, 0.29) is 0 Å². The quantitative estimate of drug-likeness (QED) is 0.611. The molecule has 0 aromatic heterocycles. The first-order valence-corrected chi connectivity index (χ1v) is 6.25. The van der Waals surface area contributed by atoms with Crippen molar-refractivity contribution in [1.82, 2.24) is 0 Å². The third kappa shape index (κ3) is 1.85. The third-order valence-electron chi connectivity index (χ3n) is 4.55. The smallest absolute Gasteiger partial charge is 0.0217 e. The van der Waals surface area contributed by atoms with Crippen LogP contribution in [-0.4, -0.2) is 0 Å². The summed E-state index contributed by atoms with van der Waals surface area (Å²) in [5, 5.41) is 0. The van der Waals surface area contributed by atoms with Crippen molar-refractivity contribution in [2.45, 2.75) is 61.3 Å². The van der Waals surface area contributed by atoms with Crippen LogP contribution in [-0.2, 0) is 0 Å². The molecular weight excluding hydrogens is 168 g/mol. The summed E-state index contributed by atoms with van der Waals surface area (Å²) in [7, 11) is 0. The molecule has 0 nitrogen and oxygen atoms in total. The first-order chi connectivity index (χ1) is 6.25. The molecule has 0 N–H and O–H groups in total. The van der Waals surface area contributed by atoms with Crippen LogP contribution >= 0.6 is 0 Å². The lowest BCUT2D eigenvalue weighted by Gasteiger charge is -2.24. The van der Waals surface area contributed by atoms with Crippen molar-refractivity contribution in [3.05, 3.63) is 0 Å². The maximum atomic E-state index is 2.46. The molecule has 0 aromatic carbocycles. The van der Waals surface area contributed by atoms with Gasteiger partial charge in [0.2, 0.25) is 0 Å². The van der Waals surface area contributed by atoms with E-state index in [1.54, 1.807) is 0 Å². The molecule has 1 aliphatic rings. The molecule has 0 aromatic rings. The van der Waals surface area contributed by atoms with Crippen molar-refractivity contribution in [2.24, 2.45) is 28.6 Å². The molecule has 0 radical (unpaired) electrons. The monoisotopic (exact) mass is 196 g/mol. The molecule has 0 spiro atoms. The van der Waals surface area contributed by atoms with Crippen LogP contribution in [0.2, 0.25) is 0 Å². The molecule has 1 saturated carbocycles. The minimum atomic E-state index is 0.505. The molecule has 0 aliphatic heterocycles. The summed E-state index contributed by atoms with van der Waals surface area (Å²) in [5.74, 6) is 2.79. The molecule has 1 rings (SSSR count). The Hall–Kier alpha value is 0. The third-order valence-corrected chi connectivity index (χ3v) is 4.55. The summed E-state index contributed by atoms with van der Waals surface area (Å²) in [6.07, 6.45) is 2.77. The van der Waals surface area contributed by atoms with Gasteiger partial charge in [-0.25, -0.2) is 0 Å². The minimum absolute atomic E-state index is 0.505. The van der Waals surface area contributed by atoms with Gasteiger partial charge in [-0.3, -0.25) is 0 Å². The van der Waals surface area contributed by atoms with E-state index in [9.17, 15) is 0 Å². The summed E-state index contributed by atoms with van der Waals surface area (Å²) < 4.78 is 0. The SMILES string of the molecule is CCC1(C(C)C)C(C)C1CC(C)(C)C. The second kappa shape index (κ2) is 3.54. The Morgan fingerprint density at radius 2 is 1.71 bits per heavy atom. The van der Waals surface area contributed by atoms with Gasteiger partial charge in [0.15, 0.2) is 0 Å². The molecule has 0 heterocycles. The Bertz CT molecular complexity index is 197. The van der Waals surface area contributed by atoms with Gasteiger partial charge < -0.3 is 0 Å². The maximum absolute atomic E-state index is 2.46. The van der Waals surface area contributed by atoms with Crippen molar-refractivity contribution >= 4 is 0 Å². The fourth-order valence-corrected chi connectivity index (χ4v) is 3.73. The van der Waals surface area contributed by atoms with Crippen LogP contribution in [0.25, 0.3) is 0 Å². The number of rotatable bonds is 3. The summed E-state index contributed by atoms with van der Waals surface area (Å²) in [4.78, 5) is 0. The van der Waals surface area contributed by atoms with Crippen LogP contribution < -0.4 is 0 Å². The Labute approximate surface area is 90.5 Å². The average Bonchev–Trinajstić information content (AvgIpc) is 2.54. The van der Waals surface area contributed by atoms with E-state index < -0.39 is 0 Å². The van der Waals surface area contributed by atoms with Gasteiger partial charge >= 0.3 is 0 Å². The van der Waals surface area contributed by atoms with E-state index in [1.165, 1.54) is 12.8 Å². The normalized spacial score (nSPS) is 37.7. The molecule has 14 heavy (non-hydrogen) atoms. The van der Waals surface area contributed by atoms with Crippen LogP contribution in [0.4, 0.5) is 0 Å². The van der Waals surface area contributed by atoms with Gasteiger partial charge in [-0.1, -0.05) is 48.5 Å². The van der Waals surface area contributed by atoms with Crippen molar-refractivity contribution < 1.29 is 0 Å². The summed E-state index contributed by atoms with van der Waals surface area (Å²) >= 11 is 0. The fraction of sp³-hybridized carbons (Fsp3) is 1.00. The summed E-state index contributed by atoms with van der Waals surface area (Å²) in [5.41, 5.74) is 1.18. The van der Waals surface area contributed by atoms with Crippen LogP contribution in [0, 0.1) is 28.6 Å². The molecule has 0 bridgehead atoms. The zero-order valence-electron chi connectivity index (χ0n) is 11.1. The topological polar surface area (TPSA) is 0 Å². The van der Waals surface area contributed by atoms with Gasteiger partial charge in [0.1, 0.15) is 0 Å². The van der Waals surface area contributed by atoms with Crippen molar-refractivity contribution in [3.8, 4) is 0 Å². The lowest BCUT2D eigenvalue weighted by Crippen LogP contribution is -2.15. The van der Waals surface area contributed by atoms with Gasteiger partial charge in [-0.2, -0.15) is 0 Å². The summed E-state index contributed by atoms with van der Waals surface area (Å²) in [6.45, 7) is 16.8. The van der Waals surface area contributed by atoms with Gasteiger partial charge in [0.05, 0.1) is 0 Å². The van der Waals surface area contributed by atoms with Crippen LogP contribution in [0.1, 0.15) is 61.3 Å². The molecule has 1 aliphatic carbocycles. The Morgan fingerprint density at radius 3 is 1.93 bits per heavy atom. The molecule has 0 amide bonds. The fourth-order valence-electron chi connectivity index (χ4n) is 3.73. The lowest BCUT2D eigenvalue weighted by molar-refractivity contribution is 0.256. The van der Waals surface area contributed by atoms with Crippen LogP contribution in [0.3, 0.4) is 0 Å². The van der Waals surface area contributed by atoms with E-state index in [0.717, 1.165) is 17.8 Å². The highest BCUT2D eigenvalue weighted by Gasteiger charge is 2.61.